The van der Waals surface area contributed by atoms with E-state index in [1.54, 1.807) is 0 Å². The van der Waals surface area contributed by atoms with Crippen molar-refractivity contribution in [1.82, 2.24) is 15.2 Å². The lowest BCUT2D eigenvalue weighted by Crippen LogP contribution is -2.39. The first kappa shape index (κ1) is 21.2. The lowest BCUT2D eigenvalue weighted by atomic mass is 10.2. The SMILES string of the molecule is I.NC(=NCc1ccnc(N2CCCC2)c1)NCCCN1CCOCC1. The molecule has 26 heavy (non-hydrogen) atoms. The fourth-order valence-electron chi connectivity index (χ4n) is 3.25. The smallest absolute Gasteiger partial charge is 0.188 e. The molecule has 7 nitrogen and oxygen atoms in total. The average Bonchev–Trinajstić information content (AvgIpc) is 3.19. The largest absolute Gasteiger partial charge is 0.379 e. The van der Waals surface area contributed by atoms with Gasteiger partial charge in [-0.25, -0.2) is 9.98 Å². The Hall–Kier alpha value is -1.13. The first-order chi connectivity index (χ1) is 12.3. The number of nitrogens with one attached hydrogen (secondary N) is 1. The van der Waals surface area contributed by atoms with Crippen LogP contribution in [0.3, 0.4) is 0 Å². The summed E-state index contributed by atoms with van der Waals surface area (Å²) in [6, 6.07) is 4.13. The summed E-state index contributed by atoms with van der Waals surface area (Å²) in [5, 5.41) is 3.21. The quantitative estimate of drug-likeness (QED) is 0.270. The number of nitrogens with zero attached hydrogens (tertiary/aromatic N) is 4. The van der Waals surface area contributed by atoms with Crippen LogP contribution in [0.25, 0.3) is 0 Å². The highest BCUT2D eigenvalue weighted by Gasteiger charge is 2.13. The molecule has 0 atom stereocenters. The number of aromatic nitrogens is 1. The number of aliphatic imine (C=N–C) groups is 1. The van der Waals surface area contributed by atoms with Crippen molar-refractivity contribution >= 4 is 35.8 Å². The molecular formula is C18H31IN6O. The first-order valence-corrected chi connectivity index (χ1v) is 9.35. The fraction of sp³-hybridized carbons (Fsp3) is 0.667. The molecule has 2 fully saturated rings. The molecule has 3 rings (SSSR count). The van der Waals surface area contributed by atoms with Crippen molar-refractivity contribution in [3.63, 3.8) is 0 Å². The zero-order valence-corrected chi connectivity index (χ0v) is 17.7. The predicted molar refractivity (Wildman–Crippen MR) is 116 cm³/mol. The monoisotopic (exact) mass is 474 g/mol. The van der Waals surface area contributed by atoms with Gasteiger partial charge in [0.25, 0.3) is 0 Å². The second-order valence-corrected chi connectivity index (χ2v) is 6.65. The first-order valence-electron chi connectivity index (χ1n) is 9.35. The zero-order valence-electron chi connectivity index (χ0n) is 15.4. The van der Waals surface area contributed by atoms with Crippen molar-refractivity contribution in [2.75, 3.05) is 57.4 Å². The summed E-state index contributed by atoms with van der Waals surface area (Å²) in [6.45, 7) is 8.49. The number of halogens is 1. The number of ether oxygens (including phenoxy) is 1. The molecule has 0 spiro atoms. The van der Waals surface area contributed by atoms with Crippen LogP contribution in [-0.4, -0.2) is 68.3 Å². The highest BCUT2D eigenvalue weighted by Crippen LogP contribution is 2.18. The van der Waals surface area contributed by atoms with Crippen LogP contribution in [-0.2, 0) is 11.3 Å². The highest BCUT2D eigenvalue weighted by atomic mass is 127. The third-order valence-corrected chi connectivity index (χ3v) is 4.73. The van der Waals surface area contributed by atoms with Crippen LogP contribution in [0.15, 0.2) is 23.3 Å². The van der Waals surface area contributed by atoms with Gasteiger partial charge < -0.3 is 20.7 Å². The molecule has 0 radical (unpaired) electrons. The third kappa shape index (κ3) is 6.88. The van der Waals surface area contributed by atoms with Crippen LogP contribution in [0.4, 0.5) is 5.82 Å². The molecule has 2 aliphatic rings. The van der Waals surface area contributed by atoms with E-state index in [0.717, 1.165) is 70.3 Å². The van der Waals surface area contributed by atoms with Crippen molar-refractivity contribution in [3.05, 3.63) is 23.9 Å². The number of rotatable bonds is 7. The van der Waals surface area contributed by atoms with E-state index in [4.69, 9.17) is 10.5 Å². The summed E-state index contributed by atoms with van der Waals surface area (Å²) >= 11 is 0. The summed E-state index contributed by atoms with van der Waals surface area (Å²) in [6.07, 6.45) is 5.44. The summed E-state index contributed by atoms with van der Waals surface area (Å²) in [5.74, 6) is 1.57. The van der Waals surface area contributed by atoms with Gasteiger partial charge in [0.05, 0.1) is 19.8 Å². The van der Waals surface area contributed by atoms with Crippen LogP contribution in [0.5, 0.6) is 0 Å². The summed E-state index contributed by atoms with van der Waals surface area (Å²) in [4.78, 5) is 13.7. The molecule has 2 saturated heterocycles. The molecule has 2 aliphatic heterocycles. The molecule has 3 N–H and O–H groups in total. The van der Waals surface area contributed by atoms with Gasteiger partial charge in [0.15, 0.2) is 5.96 Å². The molecule has 0 unspecified atom stereocenters. The van der Waals surface area contributed by atoms with E-state index < -0.39 is 0 Å². The van der Waals surface area contributed by atoms with Crippen molar-refractivity contribution in [2.45, 2.75) is 25.8 Å². The number of nitrogens with two attached hydrogens (primary N) is 1. The van der Waals surface area contributed by atoms with Gasteiger partial charge in [-0.3, -0.25) is 4.90 Å². The number of anilines is 1. The minimum atomic E-state index is 0. The topological polar surface area (TPSA) is 79.0 Å². The Morgan fingerprint density at radius 1 is 1.23 bits per heavy atom. The Labute approximate surface area is 173 Å². The molecule has 1 aromatic rings. The van der Waals surface area contributed by atoms with E-state index in [1.165, 1.54) is 12.8 Å². The fourth-order valence-corrected chi connectivity index (χ4v) is 3.25. The van der Waals surface area contributed by atoms with Gasteiger partial charge in [0.1, 0.15) is 5.82 Å². The second kappa shape index (κ2) is 11.6. The Kier molecular flexibility index (Phi) is 9.41. The maximum atomic E-state index is 5.98. The molecule has 8 heteroatoms. The van der Waals surface area contributed by atoms with E-state index in [-0.39, 0.29) is 24.0 Å². The predicted octanol–water partition coefficient (Wildman–Crippen LogP) is 1.43. The van der Waals surface area contributed by atoms with Crippen LogP contribution < -0.4 is 16.0 Å². The van der Waals surface area contributed by atoms with E-state index >= 15 is 0 Å². The number of hydrogen-bond donors (Lipinski definition) is 2. The summed E-state index contributed by atoms with van der Waals surface area (Å²) in [5.41, 5.74) is 7.13. The zero-order chi connectivity index (χ0) is 17.3. The van der Waals surface area contributed by atoms with Gasteiger partial charge in [-0.2, -0.15) is 0 Å². The van der Waals surface area contributed by atoms with Crippen LogP contribution in [0.2, 0.25) is 0 Å². The van der Waals surface area contributed by atoms with Crippen LogP contribution >= 0.6 is 24.0 Å². The number of morpholine rings is 1. The lowest BCUT2D eigenvalue weighted by molar-refractivity contribution is 0.0376. The molecular weight excluding hydrogens is 443 g/mol. The Balaban J connectivity index is 0.00000243. The molecule has 0 aliphatic carbocycles. The minimum absolute atomic E-state index is 0. The maximum Gasteiger partial charge on any atom is 0.188 e. The summed E-state index contributed by atoms with van der Waals surface area (Å²) in [7, 11) is 0. The number of hydrogen-bond acceptors (Lipinski definition) is 5. The maximum absolute atomic E-state index is 5.98. The number of guanidine groups is 1. The Morgan fingerprint density at radius 2 is 2.00 bits per heavy atom. The molecule has 146 valence electrons. The molecule has 1 aromatic heterocycles. The van der Waals surface area contributed by atoms with Crippen molar-refractivity contribution in [3.8, 4) is 0 Å². The van der Waals surface area contributed by atoms with Crippen molar-refractivity contribution in [1.29, 1.82) is 0 Å². The average molecular weight is 474 g/mol. The van der Waals surface area contributed by atoms with E-state index in [0.29, 0.717) is 12.5 Å². The van der Waals surface area contributed by atoms with Gasteiger partial charge in [-0.15, -0.1) is 24.0 Å². The second-order valence-electron chi connectivity index (χ2n) is 6.65. The molecule has 0 bridgehead atoms. The normalized spacial score (nSPS) is 18.6. The van der Waals surface area contributed by atoms with E-state index in [9.17, 15) is 0 Å². The molecule has 0 amide bonds. The van der Waals surface area contributed by atoms with Gasteiger partial charge in [0.2, 0.25) is 0 Å². The minimum Gasteiger partial charge on any atom is -0.379 e. The van der Waals surface area contributed by atoms with Gasteiger partial charge >= 0.3 is 0 Å². The summed E-state index contributed by atoms with van der Waals surface area (Å²) < 4.78 is 5.36. The van der Waals surface area contributed by atoms with Gasteiger partial charge in [0, 0.05) is 38.9 Å². The Morgan fingerprint density at radius 3 is 2.77 bits per heavy atom. The van der Waals surface area contributed by atoms with E-state index in [1.807, 2.05) is 12.3 Å². The van der Waals surface area contributed by atoms with Crippen LogP contribution in [0.1, 0.15) is 24.8 Å². The van der Waals surface area contributed by atoms with Crippen molar-refractivity contribution < 1.29 is 4.74 Å². The molecule has 3 heterocycles. The van der Waals surface area contributed by atoms with Gasteiger partial charge in [-0.1, -0.05) is 0 Å². The van der Waals surface area contributed by atoms with Crippen LogP contribution in [0, 0.1) is 0 Å². The molecule has 0 aromatic carbocycles. The molecule has 0 saturated carbocycles. The van der Waals surface area contributed by atoms with Gasteiger partial charge in [-0.05, 0) is 43.5 Å². The standard InChI is InChI=1S/C18H30N6O.HI/c19-18(21-5-3-7-23-10-12-25-13-11-23)22-15-16-4-6-20-17(14-16)24-8-1-2-9-24;/h4,6,14H,1-3,5,7-13,15H2,(H3,19,21,22);1H. The van der Waals surface area contributed by atoms with E-state index in [2.05, 4.69) is 31.2 Å². The lowest BCUT2D eigenvalue weighted by Gasteiger charge is -2.26. The highest BCUT2D eigenvalue weighted by molar-refractivity contribution is 14.0. The number of pyridine rings is 1. The third-order valence-electron chi connectivity index (χ3n) is 4.73. The Bertz CT molecular complexity index is 558. The van der Waals surface area contributed by atoms with Crippen molar-refractivity contribution in [2.24, 2.45) is 10.7 Å².